The molecule has 1 N–H and O–H groups in total. The molecule has 0 spiro atoms. The van der Waals surface area contributed by atoms with Gasteiger partial charge in [-0.05, 0) is 25.2 Å². The number of aliphatic carboxylic acids is 1. The average Bonchev–Trinajstić information content (AvgIpc) is 3.05. The fourth-order valence-corrected chi connectivity index (χ4v) is 3.89. The number of carbonyl (C=O) groups excluding carboxylic acids is 1. The molecule has 106 valence electrons. The van der Waals surface area contributed by atoms with Gasteiger partial charge in [0.15, 0.2) is 0 Å². The Morgan fingerprint density at radius 1 is 1.21 bits per heavy atom. The van der Waals surface area contributed by atoms with E-state index in [1.54, 1.807) is 4.90 Å². The van der Waals surface area contributed by atoms with E-state index < -0.39 is 11.4 Å². The molecule has 1 aliphatic carbocycles. The molecule has 2 heterocycles. The number of carboxylic acid groups (broad SMARTS) is 1. The Kier molecular flexibility index (Phi) is 3.25. The zero-order chi connectivity index (χ0) is 13.5. The summed E-state index contributed by atoms with van der Waals surface area (Å²) in [6.07, 6.45) is 4.94. The fourth-order valence-electron chi connectivity index (χ4n) is 3.89. The molecule has 3 aliphatic rings. The molecule has 5 heteroatoms. The Balaban J connectivity index is 1.76. The minimum atomic E-state index is -0.855. The van der Waals surface area contributed by atoms with E-state index in [0.717, 1.165) is 32.1 Å². The molecule has 2 atom stereocenters. The number of rotatable bonds is 2. The number of ether oxygens (including phenoxy) is 1. The van der Waals surface area contributed by atoms with Crippen LogP contribution in [0.3, 0.4) is 0 Å². The SMILES string of the molecule is O=C(C1CCCC1)N1C[C@@H]2CCOC[C@]2(C(=O)O)C1. The normalized spacial score (nSPS) is 35.4. The van der Waals surface area contributed by atoms with Gasteiger partial charge < -0.3 is 14.7 Å². The van der Waals surface area contributed by atoms with Gasteiger partial charge in [-0.3, -0.25) is 9.59 Å². The standard InChI is InChI=1S/C14H21NO4/c16-12(10-3-1-2-4-10)15-7-11-5-6-19-9-14(11,8-15)13(17)18/h10-11H,1-9H2,(H,17,18)/t11-,14+/m0/s1. The number of fused-ring (bicyclic) bond motifs is 1. The van der Waals surface area contributed by atoms with Crippen LogP contribution in [0.5, 0.6) is 0 Å². The van der Waals surface area contributed by atoms with Crippen LogP contribution in [-0.2, 0) is 14.3 Å². The minimum Gasteiger partial charge on any atom is -0.481 e. The van der Waals surface area contributed by atoms with Crippen molar-refractivity contribution < 1.29 is 19.4 Å². The highest BCUT2D eigenvalue weighted by molar-refractivity contribution is 5.82. The topological polar surface area (TPSA) is 66.8 Å². The lowest BCUT2D eigenvalue weighted by Gasteiger charge is -2.33. The Hall–Kier alpha value is -1.10. The van der Waals surface area contributed by atoms with E-state index in [-0.39, 0.29) is 24.3 Å². The summed E-state index contributed by atoms with van der Waals surface area (Å²) in [7, 11) is 0. The van der Waals surface area contributed by atoms with Gasteiger partial charge in [-0.25, -0.2) is 0 Å². The van der Waals surface area contributed by atoms with Crippen molar-refractivity contribution in [1.29, 1.82) is 0 Å². The molecule has 2 aliphatic heterocycles. The van der Waals surface area contributed by atoms with E-state index >= 15 is 0 Å². The van der Waals surface area contributed by atoms with Gasteiger partial charge in [0, 0.05) is 25.6 Å². The smallest absolute Gasteiger partial charge is 0.314 e. The lowest BCUT2D eigenvalue weighted by atomic mass is 9.76. The van der Waals surface area contributed by atoms with E-state index in [4.69, 9.17) is 4.74 Å². The Bertz CT molecular complexity index is 391. The molecule has 5 nitrogen and oxygen atoms in total. The molecule has 1 saturated carbocycles. The third-order valence-electron chi connectivity index (χ3n) is 5.11. The molecule has 0 aromatic heterocycles. The first-order chi connectivity index (χ1) is 9.13. The van der Waals surface area contributed by atoms with Gasteiger partial charge in [0.1, 0.15) is 5.41 Å². The second-order valence-corrected chi connectivity index (χ2v) is 6.20. The maximum atomic E-state index is 12.4. The highest BCUT2D eigenvalue weighted by atomic mass is 16.5. The predicted octanol–water partition coefficient (Wildman–Crippen LogP) is 1.13. The monoisotopic (exact) mass is 267 g/mol. The lowest BCUT2D eigenvalue weighted by Crippen LogP contribution is -2.46. The number of amides is 1. The third kappa shape index (κ3) is 2.04. The van der Waals surface area contributed by atoms with Gasteiger partial charge >= 0.3 is 5.97 Å². The van der Waals surface area contributed by atoms with Crippen molar-refractivity contribution in [3.63, 3.8) is 0 Å². The summed E-state index contributed by atoms with van der Waals surface area (Å²) < 4.78 is 5.38. The van der Waals surface area contributed by atoms with Crippen LogP contribution < -0.4 is 0 Å². The predicted molar refractivity (Wildman–Crippen MR) is 67.5 cm³/mol. The number of hydrogen-bond donors (Lipinski definition) is 1. The van der Waals surface area contributed by atoms with Crippen molar-refractivity contribution in [2.24, 2.45) is 17.3 Å². The molecular weight excluding hydrogens is 246 g/mol. The number of hydrogen-bond acceptors (Lipinski definition) is 3. The Morgan fingerprint density at radius 3 is 2.58 bits per heavy atom. The van der Waals surface area contributed by atoms with E-state index in [0.29, 0.717) is 19.7 Å². The van der Waals surface area contributed by atoms with Crippen LogP contribution in [0.15, 0.2) is 0 Å². The van der Waals surface area contributed by atoms with Crippen LogP contribution in [0, 0.1) is 17.3 Å². The quantitative estimate of drug-likeness (QED) is 0.814. The summed E-state index contributed by atoms with van der Waals surface area (Å²) in [5, 5.41) is 9.55. The van der Waals surface area contributed by atoms with Gasteiger partial charge in [0.05, 0.1) is 6.61 Å². The molecule has 19 heavy (non-hydrogen) atoms. The first kappa shape index (κ1) is 12.9. The molecule has 1 amide bonds. The maximum absolute atomic E-state index is 12.4. The number of carbonyl (C=O) groups is 2. The zero-order valence-electron chi connectivity index (χ0n) is 11.1. The fraction of sp³-hybridized carbons (Fsp3) is 0.857. The van der Waals surface area contributed by atoms with Gasteiger partial charge in [-0.15, -0.1) is 0 Å². The van der Waals surface area contributed by atoms with Crippen LogP contribution in [0.1, 0.15) is 32.1 Å². The molecule has 0 bridgehead atoms. The van der Waals surface area contributed by atoms with Crippen molar-refractivity contribution in [3.05, 3.63) is 0 Å². The van der Waals surface area contributed by atoms with Gasteiger partial charge in [-0.1, -0.05) is 12.8 Å². The summed E-state index contributed by atoms with van der Waals surface area (Å²) in [4.78, 5) is 25.9. The summed E-state index contributed by atoms with van der Waals surface area (Å²) in [5.41, 5.74) is -0.855. The van der Waals surface area contributed by atoms with Gasteiger partial charge in [0.25, 0.3) is 0 Å². The van der Waals surface area contributed by atoms with Crippen LogP contribution in [-0.4, -0.2) is 48.2 Å². The summed E-state index contributed by atoms with van der Waals surface area (Å²) in [6, 6.07) is 0. The van der Waals surface area contributed by atoms with Crippen molar-refractivity contribution in [1.82, 2.24) is 4.90 Å². The maximum Gasteiger partial charge on any atom is 0.314 e. The van der Waals surface area contributed by atoms with Gasteiger partial charge in [-0.2, -0.15) is 0 Å². The van der Waals surface area contributed by atoms with Crippen molar-refractivity contribution in [2.75, 3.05) is 26.3 Å². The molecule has 0 radical (unpaired) electrons. The summed E-state index contributed by atoms with van der Waals surface area (Å²) in [6.45, 7) is 1.81. The highest BCUT2D eigenvalue weighted by Gasteiger charge is 2.55. The number of carboxylic acids is 1. The molecular formula is C14H21NO4. The first-order valence-electron chi connectivity index (χ1n) is 7.23. The number of nitrogens with zero attached hydrogens (tertiary/aromatic N) is 1. The third-order valence-corrected chi connectivity index (χ3v) is 5.11. The second kappa shape index (κ2) is 4.78. The molecule has 0 unspecified atom stereocenters. The molecule has 0 aromatic rings. The molecule has 2 saturated heterocycles. The number of likely N-dealkylation sites (tertiary alicyclic amines) is 1. The van der Waals surface area contributed by atoms with E-state index in [1.807, 2.05) is 0 Å². The van der Waals surface area contributed by atoms with Crippen LogP contribution in [0.25, 0.3) is 0 Å². The highest BCUT2D eigenvalue weighted by Crippen LogP contribution is 2.42. The Labute approximate surface area is 112 Å². The minimum absolute atomic E-state index is 0.0594. The van der Waals surface area contributed by atoms with Crippen molar-refractivity contribution >= 4 is 11.9 Å². The largest absolute Gasteiger partial charge is 0.481 e. The second-order valence-electron chi connectivity index (χ2n) is 6.20. The van der Waals surface area contributed by atoms with Crippen LogP contribution >= 0.6 is 0 Å². The van der Waals surface area contributed by atoms with E-state index in [2.05, 4.69) is 0 Å². The molecule has 3 fully saturated rings. The van der Waals surface area contributed by atoms with Crippen molar-refractivity contribution in [2.45, 2.75) is 32.1 Å². The van der Waals surface area contributed by atoms with Crippen molar-refractivity contribution in [3.8, 4) is 0 Å². The Morgan fingerprint density at radius 2 is 1.95 bits per heavy atom. The van der Waals surface area contributed by atoms with E-state index in [1.165, 1.54) is 0 Å². The van der Waals surface area contributed by atoms with Crippen LogP contribution in [0.2, 0.25) is 0 Å². The summed E-state index contributed by atoms with van der Waals surface area (Å²) in [5.74, 6) is -0.442. The molecule has 3 rings (SSSR count). The average molecular weight is 267 g/mol. The van der Waals surface area contributed by atoms with E-state index in [9.17, 15) is 14.7 Å². The lowest BCUT2D eigenvalue weighted by molar-refractivity contribution is -0.160. The summed E-state index contributed by atoms with van der Waals surface area (Å²) >= 11 is 0. The zero-order valence-corrected chi connectivity index (χ0v) is 11.1. The molecule has 0 aromatic carbocycles. The first-order valence-corrected chi connectivity index (χ1v) is 7.23. The van der Waals surface area contributed by atoms with Gasteiger partial charge in [0.2, 0.25) is 5.91 Å². The van der Waals surface area contributed by atoms with Crippen LogP contribution in [0.4, 0.5) is 0 Å².